The topological polar surface area (TPSA) is 62.2 Å². The molecule has 2 aromatic rings. The number of rotatable bonds is 2. The van der Waals surface area contributed by atoms with Crippen molar-refractivity contribution < 1.29 is 9.90 Å². The van der Waals surface area contributed by atoms with Crippen LogP contribution in [0.25, 0.3) is 0 Å². The van der Waals surface area contributed by atoms with Gasteiger partial charge in [-0.1, -0.05) is 17.7 Å². The van der Waals surface area contributed by atoms with Gasteiger partial charge in [-0.2, -0.15) is 0 Å². The van der Waals surface area contributed by atoms with Crippen molar-refractivity contribution >= 4 is 39.1 Å². The van der Waals surface area contributed by atoms with Crippen LogP contribution in [-0.4, -0.2) is 16.0 Å². The molecule has 92 valence electrons. The Bertz CT molecular complexity index is 604. The van der Waals surface area contributed by atoms with Crippen LogP contribution >= 0.6 is 27.5 Å². The molecule has 0 aliphatic heterocycles. The lowest BCUT2D eigenvalue weighted by atomic mass is 10.2. The maximum absolute atomic E-state index is 11.9. The molecule has 0 radical (unpaired) electrons. The first-order valence-electron chi connectivity index (χ1n) is 4.97. The van der Waals surface area contributed by atoms with E-state index in [1.807, 2.05) is 0 Å². The molecule has 2 rings (SSSR count). The number of benzene rings is 1. The summed E-state index contributed by atoms with van der Waals surface area (Å²) >= 11 is 8.97. The van der Waals surface area contributed by atoms with Gasteiger partial charge in [-0.3, -0.25) is 4.79 Å². The molecule has 1 aromatic heterocycles. The highest BCUT2D eigenvalue weighted by atomic mass is 79.9. The second-order valence-electron chi connectivity index (χ2n) is 3.50. The smallest absolute Gasteiger partial charge is 0.255 e. The first-order valence-corrected chi connectivity index (χ1v) is 6.15. The number of hydrogen-bond donors (Lipinski definition) is 2. The van der Waals surface area contributed by atoms with Gasteiger partial charge in [-0.05, 0) is 40.2 Å². The fourth-order valence-electron chi connectivity index (χ4n) is 1.34. The molecule has 6 heteroatoms. The Balaban J connectivity index is 2.18. The van der Waals surface area contributed by atoms with E-state index in [1.165, 1.54) is 18.3 Å². The molecule has 0 aliphatic rings. The number of pyridine rings is 1. The lowest BCUT2D eigenvalue weighted by Crippen LogP contribution is -2.11. The van der Waals surface area contributed by atoms with Gasteiger partial charge in [0.2, 0.25) is 0 Å². The second-order valence-corrected chi connectivity index (χ2v) is 4.71. The number of aromatic hydroxyl groups is 1. The van der Waals surface area contributed by atoms with E-state index in [2.05, 4.69) is 26.2 Å². The lowest BCUT2D eigenvalue weighted by molar-refractivity contribution is 0.102. The lowest BCUT2D eigenvalue weighted by Gasteiger charge is -2.06. The van der Waals surface area contributed by atoms with Gasteiger partial charge >= 0.3 is 0 Å². The van der Waals surface area contributed by atoms with Gasteiger partial charge in [0.15, 0.2) is 0 Å². The average molecular weight is 328 g/mol. The Morgan fingerprint density at radius 3 is 2.83 bits per heavy atom. The Morgan fingerprint density at radius 1 is 1.39 bits per heavy atom. The summed E-state index contributed by atoms with van der Waals surface area (Å²) in [6, 6.07) is 7.73. The van der Waals surface area contributed by atoms with Crippen molar-refractivity contribution in [2.45, 2.75) is 0 Å². The minimum Gasteiger partial charge on any atom is -0.508 e. The number of phenols is 1. The number of hydrogen-bond acceptors (Lipinski definition) is 3. The third-order valence-electron chi connectivity index (χ3n) is 2.16. The molecule has 0 fully saturated rings. The van der Waals surface area contributed by atoms with Crippen LogP contribution in [0.1, 0.15) is 10.4 Å². The third kappa shape index (κ3) is 3.00. The zero-order valence-corrected chi connectivity index (χ0v) is 11.4. The number of aromatic nitrogens is 1. The molecule has 0 unspecified atom stereocenters. The van der Waals surface area contributed by atoms with Crippen molar-refractivity contribution in [3.63, 3.8) is 0 Å². The van der Waals surface area contributed by atoms with Crippen LogP contribution in [-0.2, 0) is 0 Å². The highest BCUT2D eigenvalue weighted by molar-refractivity contribution is 9.10. The Kier molecular flexibility index (Phi) is 3.84. The number of carbonyl (C=O) groups is 1. The van der Waals surface area contributed by atoms with Crippen molar-refractivity contribution in [3.05, 3.63) is 51.7 Å². The fourth-order valence-corrected chi connectivity index (χ4v) is 1.79. The molecule has 1 amide bonds. The molecule has 1 heterocycles. The van der Waals surface area contributed by atoms with Crippen molar-refractivity contribution in [3.8, 4) is 5.75 Å². The summed E-state index contributed by atoms with van der Waals surface area (Å²) in [5.74, 6) is -0.292. The van der Waals surface area contributed by atoms with Gasteiger partial charge < -0.3 is 10.4 Å². The number of halogens is 2. The van der Waals surface area contributed by atoms with Crippen molar-refractivity contribution in [2.24, 2.45) is 0 Å². The molecular weight excluding hydrogens is 320 g/mol. The summed E-state index contributed by atoms with van der Waals surface area (Å²) in [4.78, 5) is 15.8. The van der Waals surface area contributed by atoms with E-state index >= 15 is 0 Å². The molecule has 0 spiro atoms. The Morgan fingerprint density at radius 2 is 2.17 bits per heavy atom. The first-order chi connectivity index (χ1) is 8.56. The predicted octanol–water partition coefficient (Wildman–Crippen LogP) is 3.46. The molecule has 1 aromatic carbocycles. The molecule has 0 bridgehead atoms. The normalized spacial score (nSPS) is 10.1. The Hall–Kier alpha value is -1.59. The van der Waals surface area contributed by atoms with E-state index in [0.29, 0.717) is 20.9 Å². The van der Waals surface area contributed by atoms with E-state index < -0.39 is 0 Å². The van der Waals surface area contributed by atoms with Crippen LogP contribution in [0.2, 0.25) is 5.15 Å². The molecular formula is C12H8BrClN2O2. The number of nitrogens with zero attached hydrogens (tertiary/aromatic N) is 1. The number of nitrogens with one attached hydrogen (secondary N) is 1. The molecule has 4 nitrogen and oxygen atoms in total. The van der Waals surface area contributed by atoms with Gasteiger partial charge in [-0.15, -0.1) is 0 Å². The van der Waals surface area contributed by atoms with E-state index in [9.17, 15) is 9.90 Å². The minimum absolute atomic E-state index is 0.0399. The zero-order chi connectivity index (χ0) is 13.1. The summed E-state index contributed by atoms with van der Waals surface area (Å²) in [6.07, 6.45) is 1.45. The van der Waals surface area contributed by atoms with E-state index in [1.54, 1.807) is 18.2 Å². The van der Waals surface area contributed by atoms with Crippen LogP contribution in [0.15, 0.2) is 41.0 Å². The summed E-state index contributed by atoms with van der Waals surface area (Å²) in [6.45, 7) is 0. The largest absolute Gasteiger partial charge is 0.508 e. The third-order valence-corrected chi connectivity index (χ3v) is 3.30. The van der Waals surface area contributed by atoms with Crippen LogP contribution < -0.4 is 5.32 Å². The summed E-state index contributed by atoms with van der Waals surface area (Å²) in [7, 11) is 0. The Labute approximate surface area is 117 Å². The maximum Gasteiger partial charge on any atom is 0.255 e. The molecule has 0 atom stereocenters. The van der Waals surface area contributed by atoms with Crippen LogP contribution in [0, 0.1) is 0 Å². The number of carbonyl (C=O) groups excluding carboxylic acids is 1. The van der Waals surface area contributed by atoms with Crippen LogP contribution in [0.5, 0.6) is 5.75 Å². The number of phenolic OH excluding ortho intramolecular Hbond substituents is 1. The second kappa shape index (κ2) is 5.37. The molecule has 0 aliphatic carbocycles. The standard InChI is InChI=1S/C12H8BrClN2O2/c13-10-5-8(6-15-11(10)14)16-12(18)7-2-1-3-9(17)4-7/h1-6,17H,(H,16,18). The number of amides is 1. The minimum atomic E-state index is -0.332. The van der Waals surface area contributed by atoms with Gasteiger partial charge in [0.25, 0.3) is 5.91 Å². The molecule has 2 N–H and O–H groups in total. The molecule has 0 saturated carbocycles. The monoisotopic (exact) mass is 326 g/mol. The average Bonchev–Trinajstić information content (AvgIpc) is 2.34. The van der Waals surface area contributed by atoms with Crippen LogP contribution in [0.3, 0.4) is 0 Å². The quantitative estimate of drug-likeness (QED) is 0.830. The number of anilines is 1. The highest BCUT2D eigenvalue weighted by Gasteiger charge is 2.08. The SMILES string of the molecule is O=C(Nc1cnc(Cl)c(Br)c1)c1cccc(O)c1. The zero-order valence-electron chi connectivity index (χ0n) is 9.02. The summed E-state index contributed by atoms with van der Waals surface area (Å²) in [5, 5.41) is 12.3. The van der Waals surface area contributed by atoms with Gasteiger partial charge in [0.1, 0.15) is 10.9 Å². The predicted molar refractivity (Wildman–Crippen MR) is 73.0 cm³/mol. The van der Waals surface area contributed by atoms with Crippen molar-refractivity contribution in [1.29, 1.82) is 0 Å². The van der Waals surface area contributed by atoms with Gasteiger partial charge in [0.05, 0.1) is 16.4 Å². The van der Waals surface area contributed by atoms with E-state index in [4.69, 9.17) is 11.6 Å². The van der Waals surface area contributed by atoms with E-state index in [0.717, 1.165) is 0 Å². The summed E-state index contributed by atoms with van der Waals surface area (Å²) in [5.41, 5.74) is 0.876. The fraction of sp³-hybridized carbons (Fsp3) is 0. The summed E-state index contributed by atoms with van der Waals surface area (Å²) < 4.78 is 0.595. The van der Waals surface area contributed by atoms with Crippen molar-refractivity contribution in [1.82, 2.24) is 4.98 Å². The van der Waals surface area contributed by atoms with Gasteiger partial charge in [-0.25, -0.2) is 4.98 Å². The van der Waals surface area contributed by atoms with Gasteiger partial charge in [0, 0.05) is 5.56 Å². The first kappa shape index (κ1) is 12.9. The molecule has 18 heavy (non-hydrogen) atoms. The molecule has 0 saturated heterocycles. The van der Waals surface area contributed by atoms with Crippen LogP contribution in [0.4, 0.5) is 5.69 Å². The van der Waals surface area contributed by atoms with Crippen molar-refractivity contribution in [2.75, 3.05) is 5.32 Å². The van der Waals surface area contributed by atoms with E-state index in [-0.39, 0.29) is 11.7 Å². The highest BCUT2D eigenvalue weighted by Crippen LogP contribution is 2.23. The maximum atomic E-state index is 11.9.